The minimum atomic E-state index is -0.619. The molecular weight excluding hydrogens is 326 g/mol. The maximum absolute atomic E-state index is 12.0. The van der Waals surface area contributed by atoms with Crippen LogP contribution in [0.15, 0.2) is 42.5 Å². The zero-order chi connectivity index (χ0) is 17.0. The molecule has 0 saturated heterocycles. The average molecular weight is 336 g/mol. The van der Waals surface area contributed by atoms with Crippen LogP contribution in [0, 0.1) is 20.2 Å². The Bertz CT molecular complexity index is 776. The number of rotatable bonds is 6. The first kappa shape index (κ1) is 16.4. The standard InChI is InChI=1S/C14H10ClN3O5/c15-12-6-3-10(7-13(12)18(22)23)16-8-14(19)9-1-4-11(5-2-9)17(20)21/h1-7,16H,8H2. The molecule has 2 aromatic carbocycles. The van der Waals surface area contributed by atoms with E-state index in [1.807, 2.05) is 0 Å². The van der Waals surface area contributed by atoms with E-state index in [-0.39, 0.29) is 28.7 Å². The summed E-state index contributed by atoms with van der Waals surface area (Å²) >= 11 is 5.70. The van der Waals surface area contributed by atoms with Gasteiger partial charge in [-0.15, -0.1) is 0 Å². The van der Waals surface area contributed by atoms with E-state index < -0.39 is 9.85 Å². The van der Waals surface area contributed by atoms with Crippen LogP contribution in [-0.2, 0) is 0 Å². The van der Waals surface area contributed by atoms with Gasteiger partial charge < -0.3 is 5.32 Å². The van der Waals surface area contributed by atoms with E-state index in [0.29, 0.717) is 11.3 Å². The number of nitrogens with zero attached hydrogens (tertiary/aromatic N) is 2. The summed E-state index contributed by atoms with van der Waals surface area (Å²) in [5.41, 5.74) is 0.296. The van der Waals surface area contributed by atoms with Gasteiger partial charge in [0.1, 0.15) is 5.02 Å². The number of hydrogen-bond donors (Lipinski definition) is 1. The van der Waals surface area contributed by atoms with Crippen LogP contribution >= 0.6 is 11.6 Å². The average Bonchev–Trinajstić information content (AvgIpc) is 2.53. The lowest BCUT2D eigenvalue weighted by molar-refractivity contribution is -0.385. The van der Waals surface area contributed by atoms with E-state index in [1.54, 1.807) is 0 Å². The molecular formula is C14H10ClN3O5. The van der Waals surface area contributed by atoms with Crippen molar-refractivity contribution in [3.63, 3.8) is 0 Å². The molecule has 2 aromatic rings. The van der Waals surface area contributed by atoms with Gasteiger partial charge in [-0.05, 0) is 24.3 Å². The quantitative estimate of drug-likeness (QED) is 0.491. The van der Waals surface area contributed by atoms with Crippen LogP contribution in [0.2, 0.25) is 5.02 Å². The molecule has 0 aliphatic carbocycles. The second-order valence-corrected chi connectivity index (χ2v) is 4.91. The van der Waals surface area contributed by atoms with E-state index in [2.05, 4.69) is 5.32 Å². The van der Waals surface area contributed by atoms with Crippen molar-refractivity contribution in [3.05, 3.63) is 73.3 Å². The van der Waals surface area contributed by atoms with Crippen molar-refractivity contribution in [1.29, 1.82) is 0 Å². The Morgan fingerprint density at radius 2 is 1.70 bits per heavy atom. The van der Waals surface area contributed by atoms with E-state index in [9.17, 15) is 25.0 Å². The fraction of sp³-hybridized carbons (Fsp3) is 0.0714. The highest BCUT2D eigenvalue weighted by atomic mass is 35.5. The normalized spacial score (nSPS) is 10.1. The van der Waals surface area contributed by atoms with Gasteiger partial charge in [0.25, 0.3) is 11.4 Å². The monoisotopic (exact) mass is 335 g/mol. The second-order valence-electron chi connectivity index (χ2n) is 4.50. The fourth-order valence-corrected chi connectivity index (χ4v) is 2.00. The molecule has 0 radical (unpaired) electrons. The summed E-state index contributed by atoms with van der Waals surface area (Å²) in [7, 11) is 0. The zero-order valence-electron chi connectivity index (χ0n) is 11.6. The number of nitro benzene ring substituents is 2. The summed E-state index contributed by atoms with van der Waals surface area (Å²) in [5, 5.41) is 24.1. The Morgan fingerprint density at radius 3 is 2.26 bits per heavy atom. The largest absolute Gasteiger partial charge is 0.377 e. The van der Waals surface area contributed by atoms with E-state index in [0.717, 1.165) is 0 Å². The van der Waals surface area contributed by atoms with Gasteiger partial charge in [0.15, 0.2) is 5.78 Å². The van der Waals surface area contributed by atoms with Gasteiger partial charge in [-0.25, -0.2) is 0 Å². The van der Waals surface area contributed by atoms with Crippen LogP contribution in [0.25, 0.3) is 0 Å². The zero-order valence-corrected chi connectivity index (χ0v) is 12.3. The summed E-state index contributed by atoms with van der Waals surface area (Å²) in [5.74, 6) is -0.308. The molecule has 0 spiro atoms. The van der Waals surface area contributed by atoms with Crippen molar-refractivity contribution in [3.8, 4) is 0 Å². The van der Waals surface area contributed by atoms with E-state index in [1.165, 1.54) is 42.5 Å². The molecule has 0 amide bonds. The van der Waals surface area contributed by atoms with Crippen LogP contribution in [0.1, 0.15) is 10.4 Å². The maximum atomic E-state index is 12.0. The third-order valence-electron chi connectivity index (χ3n) is 3.00. The van der Waals surface area contributed by atoms with Crippen molar-refractivity contribution in [2.24, 2.45) is 0 Å². The molecule has 0 unspecified atom stereocenters. The molecule has 0 fully saturated rings. The number of hydrogen-bond acceptors (Lipinski definition) is 6. The van der Waals surface area contributed by atoms with Crippen LogP contribution < -0.4 is 5.32 Å². The second kappa shape index (κ2) is 6.84. The minimum Gasteiger partial charge on any atom is -0.377 e. The maximum Gasteiger partial charge on any atom is 0.289 e. The molecule has 2 rings (SSSR count). The highest BCUT2D eigenvalue weighted by molar-refractivity contribution is 6.32. The molecule has 1 N–H and O–H groups in total. The molecule has 0 atom stereocenters. The predicted octanol–water partition coefficient (Wildman–Crippen LogP) is 3.45. The molecule has 8 nitrogen and oxygen atoms in total. The van der Waals surface area contributed by atoms with Gasteiger partial charge in [0, 0.05) is 29.4 Å². The summed E-state index contributed by atoms with van der Waals surface area (Å²) in [6.45, 7) is -0.114. The van der Waals surface area contributed by atoms with Crippen molar-refractivity contribution >= 4 is 34.4 Å². The number of ketones is 1. The number of carbonyl (C=O) groups excluding carboxylic acids is 1. The third kappa shape index (κ3) is 4.01. The molecule has 0 aromatic heterocycles. The van der Waals surface area contributed by atoms with Crippen LogP contribution in [0.5, 0.6) is 0 Å². The molecule has 23 heavy (non-hydrogen) atoms. The van der Waals surface area contributed by atoms with Gasteiger partial charge in [0.05, 0.1) is 16.4 Å². The number of nitro groups is 2. The number of Topliss-reactive ketones (excluding diaryl/α,β-unsaturated/α-hetero) is 1. The minimum absolute atomic E-state index is 0.00208. The molecule has 0 aliphatic rings. The summed E-state index contributed by atoms with van der Waals surface area (Å²) in [6.07, 6.45) is 0. The molecule has 0 heterocycles. The number of carbonyl (C=O) groups is 1. The lowest BCUT2D eigenvalue weighted by atomic mass is 10.1. The fourth-order valence-electron chi connectivity index (χ4n) is 1.82. The van der Waals surface area contributed by atoms with Crippen LogP contribution in [0.3, 0.4) is 0 Å². The first-order valence-corrected chi connectivity index (χ1v) is 6.72. The lowest BCUT2D eigenvalue weighted by Crippen LogP contribution is -2.14. The van der Waals surface area contributed by atoms with Crippen LogP contribution in [0.4, 0.5) is 17.1 Å². The Labute approximate surface area is 135 Å². The highest BCUT2D eigenvalue weighted by Gasteiger charge is 2.14. The van der Waals surface area contributed by atoms with Crippen molar-refractivity contribution in [2.75, 3.05) is 11.9 Å². The molecule has 0 saturated carbocycles. The smallest absolute Gasteiger partial charge is 0.289 e. The number of non-ortho nitro benzene ring substituents is 1. The molecule has 0 bridgehead atoms. The first-order valence-electron chi connectivity index (χ1n) is 6.34. The Kier molecular flexibility index (Phi) is 4.87. The summed E-state index contributed by atoms with van der Waals surface area (Å²) < 4.78 is 0. The van der Waals surface area contributed by atoms with Gasteiger partial charge in [-0.2, -0.15) is 0 Å². The first-order chi connectivity index (χ1) is 10.9. The third-order valence-corrected chi connectivity index (χ3v) is 3.32. The number of halogens is 1. The number of nitrogens with one attached hydrogen (secondary N) is 1. The molecule has 9 heteroatoms. The van der Waals surface area contributed by atoms with Crippen molar-refractivity contribution in [1.82, 2.24) is 0 Å². The molecule has 0 aliphatic heterocycles. The lowest BCUT2D eigenvalue weighted by Gasteiger charge is -2.06. The van der Waals surface area contributed by atoms with Gasteiger partial charge in [-0.3, -0.25) is 25.0 Å². The van der Waals surface area contributed by atoms with Crippen LogP contribution in [-0.4, -0.2) is 22.2 Å². The highest BCUT2D eigenvalue weighted by Crippen LogP contribution is 2.27. The topological polar surface area (TPSA) is 115 Å². The predicted molar refractivity (Wildman–Crippen MR) is 84.0 cm³/mol. The van der Waals surface area contributed by atoms with E-state index >= 15 is 0 Å². The number of anilines is 1. The van der Waals surface area contributed by atoms with Gasteiger partial charge >= 0.3 is 0 Å². The Morgan fingerprint density at radius 1 is 1.04 bits per heavy atom. The summed E-state index contributed by atoms with van der Waals surface area (Å²) in [4.78, 5) is 32.2. The Balaban J connectivity index is 2.05. The van der Waals surface area contributed by atoms with Gasteiger partial charge in [0.2, 0.25) is 0 Å². The summed E-state index contributed by atoms with van der Waals surface area (Å²) in [6, 6.07) is 9.28. The Hall–Kier alpha value is -3.00. The van der Waals surface area contributed by atoms with Gasteiger partial charge in [-0.1, -0.05) is 11.6 Å². The number of benzene rings is 2. The SMILES string of the molecule is O=C(CNc1ccc(Cl)c([N+](=O)[O-])c1)c1ccc([N+](=O)[O-])cc1. The molecule has 118 valence electrons. The van der Waals surface area contributed by atoms with E-state index in [4.69, 9.17) is 11.6 Å². The van der Waals surface area contributed by atoms with Crippen molar-refractivity contribution in [2.45, 2.75) is 0 Å². The van der Waals surface area contributed by atoms with Crippen molar-refractivity contribution < 1.29 is 14.6 Å².